The summed E-state index contributed by atoms with van der Waals surface area (Å²) < 4.78 is 5.81. The second-order valence-corrected chi connectivity index (χ2v) is 9.70. The number of carboxylic acid groups (broad SMARTS) is 1. The van der Waals surface area contributed by atoms with Crippen molar-refractivity contribution in [3.8, 4) is 5.75 Å². The number of nitrogens with zero attached hydrogens (tertiary/aromatic N) is 2. The van der Waals surface area contributed by atoms with E-state index >= 15 is 0 Å². The lowest BCUT2D eigenvalue weighted by molar-refractivity contribution is -0.192. The van der Waals surface area contributed by atoms with Crippen LogP contribution < -0.4 is 4.74 Å². The average Bonchev–Trinajstić information content (AvgIpc) is 3.12. The minimum atomic E-state index is -1.29. The summed E-state index contributed by atoms with van der Waals surface area (Å²) in [6.07, 6.45) is -0.142. The number of carbonyl (C=O) groups excluding carboxylic acids is 2. The molecule has 2 aromatic carbocycles. The number of benzene rings is 2. The number of aliphatic carboxylic acids is 1. The zero-order valence-corrected chi connectivity index (χ0v) is 20.0. The molecule has 2 amide bonds. The van der Waals surface area contributed by atoms with Crippen molar-refractivity contribution >= 4 is 17.8 Å². The van der Waals surface area contributed by atoms with E-state index in [1.807, 2.05) is 30.3 Å². The SMILES string of the molecule is C[C@H](C(=O)N(O)C(C)(C)C)N1CCC(CC(=O)O)(c2ccc(OCc3ccccc3)cc2)C1=O. The van der Waals surface area contributed by atoms with E-state index in [4.69, 9.17) is 4.74 Å². The van der Waals surface area contributed by atoms with Crippen molar-refractivity contribution in [3.05, 3.63) is 65.7 Å². The summed E-state index contributed by atoms with van der Waals surface area (Å²) in [4.78, 5) is 39.4. The lowest BCUT2D eigenvalue weighted by Gasteiger charge is -2.35. The van der Waals surface area contributed by atoms with Crippen molar-refractivity contribution in [3.63, 3.8) is 0 Å². The van der Waals surface area contributed by atoms with Crippen molar-refractivity contribution < 1.29 is 29.4 Å². The molecule has 2 atom stereocenters. The van der Waals surface area contributed by atoms with E-state index in [1.165, 1.54) is 4.90 Å². The zero-order chi connectivity index (χ0) is 25.1. The summed E-state index contributed by atoms with van der Waals surface area (Å²) in [5.41, 5.74) is -0.546. The van der Waals surface area contributed by atoms with Gasteiger partial charge in [0.1, 0.15) is 18.4 Å². The maximum absolute atomic E-state index is 13.6. The van der Waals surface area contributed by atoms with Crippen LogP contribution in [0.1, 0.15) is 51.7 Å². The second-order valence-electron chi connectivity index (χ2n) is 9.70. The molecule has 0 radical (unpaired) electrons. The number of ether oxygens (including phenoxy) is 1. The number of carbonyl (C=O) groups is 3. The molecule has 3 rings (SSSR count). The molecule has 8 nitrogen and oxygen atoms in total. The Hall–Kier alpha value is -3.39. The van der Waals surface area contributed by atoms with Crippen LogP contribution in [0.3, 0.4) is 0 Å². The number of carboxylic acids is 1. The molecule has 34 heavy (non-hydrogen) atoms. The lowest BCUT2D eigenvalue weighted by Crippen LogP contribution is -2.53. The maximum Gasteiger partial charge on any atom is 0.304 e. The largest absolute Gasteiger partial charge is 0.489 e. The van der Waals surface area contributed by atoms with Gasteiger partial charge in [-0.25, -0.2) is 5.06 Å². The molecule has 1 fully saturated rings. The average molecular weight is 469 g/mol. The first kappa shape index (κ1) is 25.2. The van der Waals surface area contributed by atoms with E-state index in [0.29, 0.717) is 23.0 Å². The van der Waals surface area contributed by atoms with Gasteiger partial charge in [0, 0.05) is 6.54 Å². The Labute approximate surface area is 199 Å². The Kier molecular flexibility index (Phi) is 7.31. The molecule has 0 bridgehead atoms. The van der Waals surface area contributed by atoms with E-state index in [-0.39, 0.29) is 13.0 Å². The summed E-state index contributed by atoms with van der Waals surface area (Å²) in [7, 11) is 0. The van der Waals surface area contributed by atoms with Crippen LogP contribution in [-0.2, 0) is 26.4 Å². The van der Waals surface area contributed by atoms with Gasteiger partial charge in [-0.2, -0.15) is 0 Å². The van der Waals surface area contributed by atoms with Crippen molar-refractivity contribution in [2.75, 3.05) is 6.54 Å². The molecule has 0 spiro atoms. The quantitative estimate of drug-likeness (QED) is 0.453. The number of amides is 2. The fraction of sp³-hybridized carbons (Fsp3) is 0.423. The van der Waals surface area contributed by atoms with Gasteiger partial charge in [-0.15, -0.1) is 0 Å². The number of likely N-dealkylation sites (tertiary alicyclic amines) is 1. The fourth-order valence-electron chi connectivity index (χ4n) is 4.21. The molecule has 2 aromatic rings. The van der Waals surface area contributed by atoms with Gasteiger partial charge >= 0.3 is 5.97 Å². The first-order chi connectivity index (χ1) is 16.0. The summed E-state index contributed by atoms with van der Waals surface area (Å²) in [5, 5.41) is 20.5. The van der Waals surface area contributed by atoms with E-state index in [1.54, 1.807) is 52.0 Å². The van der Waals surface area contributed by atoms with Gasteiger partial charge in [0.05, 0.1) is 17.4 Å². The van der Waals surface area contributed by atoms with Gasteiger partial charge in [0.2, 0.25) is 5.91 Å². The van der Waals surface area contributed by atoms with E-state index in [0.717, 1.165) is 5.56 Å². The third-order valence-corrected chi connectivity index (χ3v) is 6.23. The second kappa shape index (κ2) is 9.85. The van der Waals surface area contributed by atoms with Crippen LogP contribution in [0.2, 0.25) is 0 Å². The minimum Gasteiger partial charge on any atom is -0.489 e. The van der Waals surface area contributed by atoms with Gasteiger partial charge in [-0.05, 0) is 57.4 Å². The topological polar surface area (TPSA) is 107 Å². The smallest absolute Gasteiger partial charge is 0.304 e. The lowest BCUT2D eigenvalue weighted by atomic mass is 9.76. The van der Waals surface area contributed by atoms with Crippen LogP contribution in [0.15, 0.2) is 54.6 Å². The number of hydroxylamine groups is 2. The summed E-state index contributed by atoms with van der Waals surface area (Å²) in [6, 6.07) is 15.6. The highest BCUT2D eigenvalue weighted by Gasteiger charge is 2.52. The van der Waals surface area contributed by atoms with Crippen LogP contribution in [0.25, 0.3) is 0 Å². The molecular formula is C26H32N2O6. The Morgan fingerprint density at radius 2 is 1.74 bits per heavy atom. The molecule has 0 aliphatic carbocycles. The summed E-state index contributed by atoms with van der Waals surface area (Å²) in [6.45, 7) is 7.19. The number of hydrogen-bond donors (Lipinski definition) is 2. The fourth-order valence-corrected chi connectivity index (χ4v) is 4.21. The van der Waals surface area contributed by atoms with Crippen molar-refractivity contribution in [2.45, 2.75) is 64.1 Å². The molecule has 1 heterocycles. The van der Waals surface area contributed by atoms with Crippen LogP contribution in [-0.4, -0.2) is 56.2 Å². The highest BCUT2D eigenvalue weighted by atomic mass is 16.5. The van der Waals surface area contributed by atoms with Gasteiger partial charge in [-0.1, -0.05) is 42.5 Å². The Bertz CT molecular complexity index is 1030. The molecule has 1 unspecified atom stereocenters. The Morgan fingerprint density at radius 3 is 2.29 bits per heavy atom. The first-order valence-corrected chi connectivity index (χ1v) is 11.3. The highest BCUT2D eigenvalue weighted by Crippen LogP contribution is 2.40. The van der Waals surface area contributed by atoms with Gasteiger partial charge in [-0.3, -0.25) is 19.6 Å². The molecule has 1 aliphatic heterocycles. The standard InChI is InChI=1S/C26H32N2O6/c1-18(23(31)28(33)25(2,3)4)27-15-14-26(24(27)32,16-22(29)30)20-10-12-21(13-11-20)34-17-19-8-6-5-7-9-19/h5-13,18,33H,14-17H2,1-4H3,(H,29,30)/t18-,26?/m1/s1. The molecule has 2 N–H and O–H groups in total. The van der Waals surface area contributed by atoms with Crippen LogP contribution in [0.4, 0.5) is 0 Å². The molecule has 0 aromatic heterocycles. The van der Waals surface area contributed by atoms with Gasteiger partial charge < -0.3 is 14.7 Å². The van der Waals surface area contributed by atoms with Gasteiger partial charge in [0.25, 0.3) is 5.91 Å². The van der Waals surface area contributed by atoms with Crippen LogP contribution >= 0.6 is 0 Å². The molecule has 8 heteroatoms. The summed E-state index contributed by atoms with van der Waals surface area (Å²) in [5.74, 6) is -1.55. The molecule has 1 aliphatic rings. The normalized spacial score (nSPS) is 19.1. The first-order valence-electron chi connectivity index (χ1n) is 11.3. The third-order valence-electron chi connectivity index (χ3n) is 6.23. The minimum absolute atomic E-state index is 0.212. The monoisotopic (exact) mass is 468 g/mol. The number of hydrogen-bond acceptors (Lipinski definition) is 5. The Morgan fingerprint density at radius 1 is 1.12 bits per heavy atom. The van der Waals surface area contributed by atoms with Crippen LogP contribution in [0.5, 0.6) is 5.75 Å². The van der Waals surface area contributed by atoms with Crippen molar-refractivity contribution in [2.24, 2.45) is 0 Å². The maximum atomic E-state index is 13.6. The Balaban J connectivity index is 1.81. The zero-order valence-electron chi connectivity index (χ0n) is 20.0. The predicted molar refractivity (Wildman–Crippen MR) is 125 cm³/mol. The predicted octanol–water partition coefficient (Wildman–Crippen LogP) is 3.62. The highest BCUT2D eigenvalue weighted by molar-refractivity contribution is 5.97. The van der Waals surface area contributed by atoms with E-state index in [9.17, 15) is 24.7 Å². The van der Waals surface area contributed by atoms with Crippen LogP contribution in [0, 0.1) is 0 Å². The van der Waals surface area contributed by atoms with Gasteiger partial charge in [0.15, 0.2) is 0 Å². The molecule has 0 saturated carbocycles. The summed E-state index contributed by atoms with van der Waals surface area (Å²) >= 11 is 0. The molecule has 182 valence electrons. The number of rotatable bonds is 8. The van der Waals surface area contributed by atoms with E-state index < -0.39 is 41.2 Å². The third kappa shape index (κ3) is 5.22. The molecule has 1 saturated heterocycles. The molecular weight excluding hydrogens is 436 g/mol. The van der Waals surface area contributed by atoms with E-state index in [2.05, 4.69) is 0 Å². The van der Waals surface area contributed by atoms with Crippen molar-refractivity contribution in [1.29, 1.82) is 0 Å². The van der Waals surface area contributed by atoms with Crippen molar-refractivity contribution in [1.82, 2.24) is 9.96 Å².